The van der Waals surface area contributed by atoms with Gasteiger partial charge in [-0.05, 0) is 0 Å². The molecule has 14 heavy (non-hydrogen) atoms. The van der Waals surface area contributed by atoms with Crippen LogP contribution in [0.3, 0.4) is 0 Å². The molecule has 1 unspecified atom stereocenters. The van der Waals surface area contributed by atoms with Crippen molar-refractivity contribution in [2.24, 2.45) is 0 Å². The Morgan fingerprint density at radius 1 is 1.29 bits per heavy atom. The Hall–Kier alpha value is -0.310. The second-order valence-electron chi connectivity index (χ2n) is 3.27. The lowest BCUT2D eigenvalue weighted by molar-refractivity contribution is -0.331. The fourth-order valence-electron chi connectivity index (χ4n) is 1.31. The van der Waals surface area contributed by atoms with Crippen LogP contribution in [0.4, 0.5) is 4.39 Å². The quantitative estimate of drug-likeness (QED) is 0.336. The zero-order chi connectivity index (χ0) is 10.9. The highest BCUT2D eigenvalue weighted by Crippen LogP contribution is 2.29. The van der Waals surface area contributed by atoms with Crippen molar-refractivity contribution in [2.45, 2.75) is 30.2 Å². The van der Waals surface area contributed by atoms with E-state index in [-0.39, 0.29) is 0 Å². The number of rotatable bonds is 2. The molecule has 1 saturated heterocycles. The molecule has 0 amide bonds. The normalized spacial score (nSPS) is 49.3. The van der Waals surface area contributed by atoms with E-state index in [1.165, 1.54) is 0 Å². The van der Waals surface area contributed by atoms with Crippen LogP contribution in [0.5, 0.6) is 0 Å². The van der Waals surface area contributed by atoms with Gasteiger partial charge in [-0.2, -0.15) is 0 Å². The SMILES string of the molecule is OC[C@H]1OC(O)[C@@](O)(CF)[C@@H](O)[C@@H]1O. The lowest BCUT2D eigenvalue weighted by atomic mass is 9.88. The maximum Gasteiger partial charge on any atom is 0.189 e. The molecule has 1 aliphatic heterocycles. The molecule has 1 aliphatic rings. The number of hydrogen-bond acceptors (Lipinski definition) is 6. The van der Waals surface area contributed by atoms with Crippen molar-refractivity contribution in [3.63, 3.8) is 0 Å². The Morgan fingerprint density at radius 3 is 2.29 bits per heavy atom. The fourth-order valence-corrected chi connectivity index (χ4v) is 1.31. The molecule has 0 radical (unpaired) electrons. The van der Waals surface area contributed by atoms with Gasteiger partial charge < -0.3 is 30.3 Å². The third-order valence-electron chi connectivity index (χ3n) is 2.34. The first-order valence-corrected chi connectivity index (χ1v) is 4.06. The molecule has 1 rings (SSSR count). The first kappa shape index (κ1) is 11.8. The number of ether oxygens (including phenoxy) is 1. The Morgan fingerprint density at radius 2 is 1.86 bits per heavy atom. The standard InChI is InChI=1S/C7H13FO6/c8-2-7(13)5(11)4(10)3(1-9)14-6(7)12/h3-6,9-13H,1-2H2/t3-,4-,5+,6?,7-/m1/s1. The van der Waals surface area contributed by atoms with E-state index in [0.29, 0.717) is 0 Å². The summed E-state index contributed by atoms with van der Waals surface area (Å²) in [6, 6.07) is 0. The minimum Gasteiger partial charge on any atom is -0.394 e. The van der Waals surface area contributed by atoms with Gasteiger partial charge in [-0.1, -0.05) is 0 Å². The maximum absolute atomic E-state index is 12.3. The molecule has 84 valence electrons. The summed E-state index contributed by atoms with van der Waals surface area (Å²) in [5.41, 5.74) is -2.55. The average Bonchev–Trinajstić information content (AvgIpc) is 2.20. The lowest BCUT2D eigenvalue weighted by Crippen LogP contribution is -2.67. The van der Waals surface area contributed by atoms with Crippen molar-refractivity contribution in [2.75, 3.05) is 13.3 Å². The molecule has 6 nitrogen and oxygen atoms in total. The van der Waals surface area contributed by atoms with Crippen LogP contribution in [0.15, 0.2) is 0 Å². The fraction of sp³-hybridized carbons (Fsp3) is 1.00. The first-order chi connectivity index (χ1) is 6.47. The predicted octanol–water partition coefficient (Wildman–Crippen LogP) is -2.88. The van der Waals surface area contributed by atoms with E-state index in [2.05, 4.69) is 4.74 Å². The number of alkyl halides is 1. The van der Waals surface area contributed by atoms with E-state index in [0.717, 1.165) is 0 Å². The van der Waals surface area contributed by atoms with Gasteiger partial charge in [0.1, 0.15) is 25.0 Å². The molecular formula is C7H13FO6. The summed E-state index contributed by atoms with van der Waals surface area (Å²) in [4.78, 5) is 0. The van der Waals surface area contributed by atoms with Crippen molar-refractivity contribution in [3.8, 4) is 0 Å². The van der Waals surface area contributed by atoms with Crippen LogP contribution in [-0.2, 0) is 4.74 Å². The topological polar surface area (TPSA) is 110 Å². The summed E-state index contributed by atoms with van der Waals surface area (Å²) in [6.45, 7) is -2.12. The van der Waals surface area contributed by atoms with Crippen LogP contribution in [0.2, 0.25) is 0 Å². The summed E-state index contributed by atoms with van der Waals surface area (Å²) in [7, 11) is 0. The van der Waals surface area contributed by atoms with Crippen molar-refractivity contribution in [1.29, 1.82) is 0 Å². The molecule has 0 aromatic heterocycles. The minimum absolute atomic E-state index is 0.655. The zero-order valence-corrected chi connectivity index (χ0v) is 7.25. The molecule has 1 fully saturated rings. The van der Waals surface area contributed by atoms with Crippen LogP contribution in [0, 0.1) is 0 Å². The first-order valence-electron chi connectivity index (χ1n) is 4.06. The van der Waals surface area contributed by atoms with Gasteiger partial charge in [-0.3, -0.25) is 0 Å². The second-order valence-corrected chi connectivity index (χ2v) is 3.27. The number of hydrogen-bond donors (Lipinski definition) is 5. The lowest BCUT2D eigenvalue weighted by Gasteiger charge is -2.44. The van der Waals surface area contributed by atoms with Gasteiger partial charge in [0.15, 0.2) is 11.9 Å². The molecule has 5 atom stereocenters. The summed E-state index contributed by atoms with van der Waals surface area (Å²) in [6.07, 6.45) is -6.78. The van der Waals surface area contributed by atoms with E-state index in [1.54, 1.807) is 0 Å². The number of aliphatic hydroxyl groups is 5. The Bertz CT molecular complexity index is 203. The minimum atomic E-state index is -2.55. The maximum atomic E-state index is 12.3. The monoisotopic (exact) mass is 212 g/mol. The van der Waals surface area contributed by atoms with Gasteiger partial charge in [0.2, 0.25) is 0 Å². The summed E-state index contributed by atoms with van der Waals surface area (Å²) < 4.78 is 16.9. The summed E-state index contributed by atoms with van der Waals surface area (Å²) in [5, 5.41) is 45.7. The predicted molar refractivity (Wildman–Crippen MR) is 40.9 cm³/mol. The van der Waals surface area contributed by atoms with Gasteiger partial charge >= 0.3 is 0 Å². The highest BCUT2D eigenvalue weighted by molar-refractivity contribution is 4.99. The third kappa shape index (κ3) is 1.62. The van der Waals surface area contributed by atoms with Crippen LogP contribution in [-0.4, -0.2) is 69.0 Å². The van der Waals surface area contributed by atoms with Crippen molar-refractivity contribution < 1.29 is 34.7 Å². The van der Waals surface area contributed by atoms with Gasteiger partial charge in [0.05, 0.1) is 6.61 Å². The Balaban J connectivity index is 2.84. The highest BCUT2D eigenvalue weighted by atomic mass is 19.1. The van der Waals surface area contributed by atoms with Crippen molar-refractivity contribution in [3.05, 3.63) is 0 Å². The number of halogens is 1. The van der Waals surface area contributed by atoms with Crippen LogP contribution in [0.25, 0.3) is 0 Å². The highest BCUT2D eigenvalue weighted by Gasteiger charge is 2.54. The van der Waals surface area contributed by atoms with Gasteiger partial charge in [0.25, 0.3) is 0 Å². The molecule has 5 N–H and O–H groups in total. The summed E-state index contributed by atoms with van der Waals surface area (Å²) >= 11 is 0. The van der Waals surface area contributed by atoms with Gasteiger partial charge in [-0.25, -0.2) is 4.39 Å². The van der Waals surface area contributed by atoms with Crippen LogP contribution >= 0.6 is 0 Å². The van der Waals surface area contributed by atoms with E-state index in [1.807, 2.05) is 0 Å². The van der Waals surface area contributed by atoms with Crippen LogP contribution < -0.4 is 0 Å². The largest absolute Gasteiger partial charge is 0.394 e. The van der Waals surface area contributed by atoms with E-state index >= 15 is 0 Å². The molecular weight excluding hydrogens is 199 g/mol. The Labute approximate surface area is 79.2 Å². The zero-order valence-electron chi connectivity index (χ0n) is 7.25. The van der Waals surface area contributed by atoms with Gasteiger partial charge in [-0.15, -0.1) is 0 Å². The molecule has 0 aromatic rings. The molecule has 0 spiro atoms. The Kier molecular flexibility index (Phi) is 3.40. The van der Waals surface area contributed by atoms with Crippen molar-refractivity contribution >= 4 is 0 Å². The second kappa shape index (κ2) is 4.05. The number of aliphatic hydroxyl groups excluding tert-OH is 4. The van der Waals surface area contributed by atoms with E-state index < -0.39 is 43.5 Å². The van der Waals surface area contributed by atoms with Crippen molar-refractivity contribution in [1.82, 2.24) is 0 Å². The third-order valence-corrected chi connectivity index (χ3v) is 2.34. The molecule has 0 saturated carbocycles. The molecule has 0 bridgehead atoms. The summed E-state index contributed by atoms with van der Waals surface area (Å²) in [5.74, 6) is 0. The smallest absolute Gasteiger partial charge is 0.189 e. The average molecular weight is 212 g/mol. The molecule has 1 heterocycles. The molecule has 0 aliphatic carbocycles. The van der Waals surface area contributed by atoms with Gasteiger partial charge in [0, 0.05) is 0 Å². The molecule has 0 aromatic carbocycles. The van der Waals surface area contributed by atoms with E-state index in [4.69, 9.17) is 10.2 Å². The van der Waals surface area contributed by atoms with Crippen LogP contribution in [0.1, 0.15) is 0 Å². The van der Waals surface area contributed by atoms with E-state index in [9.17, 15) is 19.7 Å². The molecule has 7 heteroatoms.